The number of ether oxygens (including phenoxy) is 1. The van der Waals surface area contributed by atoms with Crippen molar-refractivity contribution in [3.8, 4) is 6.07 Å². The van der Waals surface area contributed by atoms with Crippen LogP contribution in [0.5, 0.6) is 0 Å². The fourth-order valence-electron chi connectivity index (χ4n) is 2.46. The lowest BCUT2D eigenvalue weighted by atomic mass is 10.1. The first-order valence-corrected chi connectivity index (χ1v) is 6.57. The molecule has 1 aromatic rings. The van der Waals surface area contributed by atoms with Gasteiger partial charge in [0.2, 0.25) is 0 Å². The third-order valence-corrected chi connectivity index (χ3v) is 3.49. The van der Waals surface area contributed by atoms with Gasteiger partial charge in [-0.05, 0) is 31.0 Å². The monoisotopic (exact) mass is 244 g/mol. The third kappa shape index (κ3) is 3.10. The van der Waals surface area contributed by atoms with E-state index in [1.54, 1.807) is 0 Å². The zero-order valence-electron chi connectivity index (χ0n) is 11.1. The van der Waals surface area contributed by atoms with Gasteiger partial charge in [0.25, 0.3) is 0 Å². The van der Waals surface area contributed by atoms with E-state index in [0.717, 1.165) is 31.7 Å². The Morgan fingerprint density at radius 2 is 2.33 bits per heavy atom. The molecule has 2 rings (SSSR count). The van der Waals surface area contributed by atoms with Crippen molar-refractivity contribution in [2.45, 2.75) is 39.0 Å². The normalized spacial score (nSPS) is 24.7. The van der Waals surface area contributed by atoms with E-state index in [1.807, 2.05) is 18.2 Å². The minimum atomic E-state index is 0.298. The van der Waals surface area contributed by atoms with Gasteiger partial charge in [-0.25, -0.2) is 0 Å². The number of nitrogens with zero attached hydrogens (tertiary/aromatic N) is 2. The Bertz CT molecular complexity index is 438. The predicted octanol–water partition coefficient (Wildman–Crippen LogP) is 2.56. The minimum Gasteiger partial charge on any atom is -0.376 e. The summed E-state index contributed by atoms with van der Waals surface area (Å²) in [5.41, 5.74) is 1.95. The van der Waals surface area contributed by atoms with Crippen molar-refractivity contribution in [2.75, 3.05) is 13.2 Å². The van der Waals surface area contributed by atoms with Crippen LogP contribution in [0.15, 0.2) is 24.3 Å². The molecule has 2 unspecified atom stereocenters. The Morgan fingerprint density at radius 1 is 1.50 bits per heavy atom. The second-order valence-corrected chi connectivity index (χ2v) is 4.95. The molecule has 1 aliphatic rings. The molecule has 2 atom stereocenters. The van der Waals surface area contributed by atoms with Crippen molar-refractivity contribution in [1.82, 2.24) is 4.90 Å². The van der Waals surface area contributed by atoms with Crippen LogP contribution in [0.2, 0.25) is 0 Å². The number of morpholine rings is 1. The van der Waals surface area contributed by atoms with E-state index in [0.29, 0.717) is 12.1 Å². The van der Waals surface area contributed by atoms with Crippen molar-refractivity contribution in [3.63, 3.8) is 0 Å². The first-order chi connectivity index (χ1) is 8.72. The third-order valence-electron chi connectivity index (χ3n) is 3.49. The predicted molar refractivity (Wildman–Crippen MR) is 71.1 cm³/mol. The molecule has 1 aromatic carbocycles. The van der Waals surface area contributed by atoms with Gasteiger partial charge in [-0.3, -0.25) is 4.90 Å². The Kier molecular flexibility index (Phi) is 4.35. The SMILES string of the molecule is CCC1COC(C)CN1Cc1cccc(C#N)c1. The minimum absolute atomic E-state index is 0.298. The maximum Gasteiger partial charge on any atom is 0.0991 e. The Labute approximate surface area is 109 Å². The topological polar surface area (TPSA) is 36.3 Å². The summed E-state index contributed by atoms with van der Waals surface area (Å²) < 4.78 is 5.70. The second-order valence-electron chi connectivity index (χ2n) is 4.95. The van der Waals surface area contributed by atoms with Crippen LogP contribution in [0.4, 0.5) is 0 Å². The molecule has 1 aliphatic heterocycles. The van der Waals surface area contributed by atoms with Gasteiger partial charge in [0, 0.05) is 19.1 Å². The fourth-order valence-corrected chi connectivity index (χ4v) is 2.46. The van der Waals surface area contributed by atoms with Crippen molar-refractivity contribution < 1.29 is 4.74 Å². The molecule has 0 amide bonds. The molecule has 3 heteroatoms. The fraction of sp³-hybridized carbons (Fsp3) is 0.533. The van der Waals surface area contributed by atoms with E-state index >= 15 is 0 Å². The summed E-state index contributed by atoms with van der Waals surface area (Å²) in [7, 11) is 0. The van der Waals surface area contributed by atoms with Crippen molar-refractivity contribution in [2.24, 2.45) is 0 Å². The lowest BCUT2D eigenvalue weighted by molar-refractivity contribution is -0.0592. The number of benzene rings is 1. The molecule has 0 spiro atoms. The van der Waals surface area contributed by atoms with Crippen LogP contribution >= 0.6 is 0 Å². The Hall–Kier alpha value is -1.37. The first-order valence-electron chi connectivity index (χ1n) is 6.57. The van der Waals surface area contributed by atoms with Crippen molar-refractivity contribution >= 4 is 0 Å². The lowest BCUT2D eigenvalue weighted by Crippen LogP contribution is -2.47. The van der Waals surface area contributed by atoms with Gasteiger partial charge in [0.05, 0.1) is 24.3 Å². The van der Waals surface area contributed by atoms with Gasteiger partial charge in [-0.15, -0.1) is 0 Å². The molecule has 0 bridgehead atoms. The van der Waals surface area contributed by atoms with Crippen LogP contribution in [0, 0.1) is 11.3 Å². The van der Waals surface area contributed by atoms with Crippen LogP contribution in [-0.4, -0.2) is 30.2 Å². The van der Waals surface area contributed by atoms with Crippen LogP contribution in [0.25, 0.3) is 0 Å². The van der Waals surface area contributed by atoms with Crippen LogP contribution in [0.1, 0.15) is 31.4 Å². The molecule has 18 heavy (non-hydrogen) atoms. The highest BCUT2D eigenvalue weighted by Crippen LogP contribution is 2.18. The van der Waals surface area contributed by atoms with Crippen LogP contribution in [0.3, 0.4) is 0 Å². The van der Waals surface area contributed by atoms with Crippen molar-refractivity contribution in [3.05, 3.63) is 35.4 Å². The van der Waals surface area contributed by atoms with E-state index in [9.17, 15) is 0 Å². The van der Waals surface area contributed by atoms with Gasteiger partial charge in [0.1, 0.15) is 0 Å². The maximum atomic E-state index is 8.92. The summed E-state index contributed by atoms with van der Waals surface area (Å²) in [5, 5.41) is 8.92. The van der Waals surface area contributed by atoms with Gasteiger partial charge in [-0.2, -0.15) is 5.26 Å². The molecule has 0 saturated carbocycles. The molecule has 3 nitrogen and oxygen atoms in total. The Morgan fingerprint density at radius 3 is 3.06 bits per heavy atom. The number of hydrogen-bond acceptors (Lipinski definition) is 3. The summed E-state index contributed by atoms with van der Waals surface area (Å²) in [5.74, 6) is 0. The first kappa shape index (κ1) is 13.1. The standard InChI is InChI=1S/C15H20N2O/c1-3-15-11-18-12(2)9-17(15)10-14-6-4-5-13(7-14)8-16/h4-7,12,15H,3,9-11H2,1-2H3. The van der Waals surface area contributed by atoms with Crippen molar-refractivity contribution in [1.29, 1.82) is 5.26 Å². The average molecular weight is 244 g/mol. The average Bonchev–Trinajstić information content (AvgIpc) is 2.39. The van der Waals surface area contributed by atoms with Gasteiger partial charge in [0.15, 0.2) is 0 Å². The molecule has 0 aromatic heterocycles. The quantitative estimate of drug-likeness (QED) is 0.820. The summed E-state index contributed by atoms with van der Waals surface area (Å²) in [6.07, 6.45) is 1.40. The van der Waals surface area contributed by atoms with E-state index in [2.05, 4.69) is 30.9 Å². The highest BCUT2D eigenvalue weighted by atomic mass is 16.5. The molecule has 0 aliphatic carbocycles. The van der Waals surface area contributed by atoms with Gasteiger partial charge in [-0.1, -0.05) is 19.1 Å². The molecular weight excluding hydrogens is 224 g/mol. The number of rotatable bonds is 3. The molecule has 0 N–H and O–H groups in total. The highest BCUT2D eigenvalue weighted by molar-refractivity contribution is 5.32. The summed E-state index contributed by atoms with van der Waals surface area (Å²) >= 11 is 0. The Balaban J connectivity index is 2.08. The molecule has 1 fully saturated rings. The van der Waals surface area contributed by atoms with E-state index < -0.39 is 0 Å². The number of hydrogen-bond donors (Lipinski definition) is 0. The van der Waals surface area contributed by atoms with Crippen LogP contribution in [-0.2, 0) is 11.3 Å². The van der Waals surface area contributed by atoms with E-state index in [1.165, 1.54) is 5.56 Å². The lowest BCUT2D eigenvalue weighted by Gasteiger charge is -2.38. The molecule has 0 radical (unpaired) electrons. The number of nitriles is 1. The van der Waals surface area contributed by atoms with E-state index in [4.69, 9.17) is 10.00 Å². The molecule has 96 valence electrons. The van der Waals surface area contributed by atoms with Gasteiger partial charge >= 0.3 is 0 Å². The van der Waals surface area contributed by atoms with E-state index in [-0.39, 0.29) is 0 Å². The maximum absolute atomic E-state index is 8.92. The molecule has 1 saturated heterocycles. The van der Waals surface area contributed by atoms with Gasteiger partial charge < -0.3 is 4.74 Å². The second kappa shape index (κ2) is 5.99. The molecule has 1 heterocycles. The summed E-state index contributed by atoms with van der Waals surface area (Å²) in [6, 6.07) is 10.6. The highest BCUT2D eigenvalue weighted by Gasteiger charge is 2.25. The summed E-state index contributed by atoms with van der Waals surface area (Å²) in [6.45, 7) is 7.00. The zero-order chi connectivity index (χ0) is 13.0. The smallest absolute Gasteiger partial charge is 0.0991 e. The zero-order valence-corrected chi connectivity index (χ0v) is 11.1. The molecular formula is C15H20N2O. The summed E-state index contributed by atoms with van der Waals surface area (Å²) in [4.78, 5) is 2.46. The largest absolute Gasteiger partial charge is 0.376 e. The van der Waals surface area contributed by atoms with Crippen LogP contribution < -0.4 is 0 Å².